The Morgan fingerprint density at radius 1 is 1.21 bits per heavy atom. The van der Waals surface area contributed by atoms with E-state index in [4.69, 9.17) is 9.47 Å². The Balaban J connectivity index is 1.79. The van der Waals surface area contributed by atoms with Crippen molar-refractivity contribution < 1.29 is 9.47 Å². The molecular formula is C16H25NO2. The highest BCUT2D eigenvalue weighted by Gasteiger charge is 2.18. The summed E-state index contributed by atoms with van der Waals surface area (Å²) >= 11 is 0. The Hall–Kier alpha value is -0.900. The summed E-state index contributed by atoms with van der Waals surface area (Å²) in [5, 5.41) is 3.48. The molecule has 3 nitrogen and oxygen atoms in total. The van der Waals surface area contributed by atoms with E-state index in [1.807, 2.05) is 0 Å². The number of hydrogen-bond acceptors (Lipinski definition) is 3. The summed E-state index contributed by atoms with van der Waals surface area (Å²) in [5.74, 6) is 0.539. The molecule has 0 spiro atoms. The lowest BCUT2D eigenvalue weighted by Gasteiger charge is -2.26. The second-order valence-electron chi connectivity index (χ2n) is 5.68. The van der Waals surface area contributed by atoms with Crippen molar-refractivity contribution in [2.45, 2.75) is 45.4 Å². The fraction of sp³-hybridized carbons (Fsp3) is 0.625. The third-order valence-electron chi connectivity index (χ3n) is 3.47. The molecule has 0 aromatic heterocycles. The topological polar surface area (TPSA) is 30.5 Å². The zero-order valence-corrected chi connectivity index (χ0v) is 12.2. The molecular weight excluding hydrogens is 238 g/mol. The minimum atomic E-state index is 0.300. The average molecular weight is 263 g/mol. The van der Waals surface area contributed by atoms with Gasteiger partial charge in [0.15, 0.2) is 0 Å². The molecule has 106 valence electrons. The average Bonchev–Trinajstić information content (AvgIpc) is 2.35. The van der Waals surface area contributed by atoms with E-state index >= 15 is 0 Å². The van der Waals surface area contributed by atoms with Gasteiger partial charge in [-0.3, -0.25) is 0 Å². The van der Waals surface area contributed by atoms with Gasteiger partial charge in [-0.25, -0.2) is 0 Å². The molecule has 0 radical (unpaired) electrons. The van der Waals surface area contributed by atoms with Gasteiger partial charge in [0.25, 0.3) is 0 Å². The minimum Gasteiger partial charge on any atom is -0.376 e. The van der Waals surface area contributed by atoms with E-state index in [-0.39, 0.29) is 0 Å². The largest absolute Gasteiger partial charge is 0.376 e. The van der Waals surface area contributed by atoms with Crippen LogP contribution in [0.5, 0.6) is 0 Å². The van der Waals surface area contributed by atoms with Crippen LogP contribution in [0.2, 0.25) is 0 Å². The second-order valence-corrected chi connectivity index (χ2v) is 5.68. The van der Waals surface area contributed by atoms with Gasteiger partial charge in [-0.1, -0.05) is 45.0 Å². The molecule has 3 heteroatoms. The zero-order valence-electron chi connectivity index (χ0n) is 12.2. The van der Waals surface area contributed by atoms with Crippen molar-refractivity contribution >= 4 is 0 Å². The fourth-order valence-corrected chi connectivity index (χ4v) is 2.00. The van der Waals surface area contributed by atoms with E-state index in [0.29, 0.717) is 24.7 Å². The maximum absolute atomic E-state index is 5.71. The Labute approximate surface area is 116 Å². The molecule has 1 aliphatic heterocycles. The molecule has 1 unspecified atom stereocenters. The van der Waals surface area contributed by atoms with Crippen molar-refractivity contribution in [2.75, 3.05) is 19.8 Å². The maximum Gasteiger partial charge on any atom is 0.105 e. The van der Waals surface area contributed by atoms with Crippen LogP contribution in [0.1, 0.15) is 37.8 Å². The van der Waals surface area contributed by atoms with Crippen molar-refractivity contribution in [2.24, 2.45) is 0 Å². The molecule has 0 amide bonds. The van der Waals surface area contributed by atoms with Gasteiger partial charge in [0.05, 0.1) is 19.8 Å². The van der Waals surface area contributed by atoms with E-state index in [9.17, 15) is 0 Å². The van der Waals surface area contributed by atoms with Gasteiger partial charge in [0, 0.05) is 12.6 Å². The first-order valence-electron chi connectivity index (χ1n) is 7.16. The fourth-order valence-electron chi connectivity index (χ4n) is 2.00. The molecule has 1 aromatic rings. The first-order valence-corrected chi connectivity index (χ1v) is 7.16. The van der Waals surface area contributed by atoms with Crippen molar-refractivity contribution in [1.82, 2.24) is 5.32 Å². The predicted molar refractivity (Wildman–Crippen MR) is 77.4 cm³/mol. The molecule has 0 bridgehead atoms. The van der Waals surface area contributed by atoms with Gasteiger partial charge in [0.1, 0.15) is 6.10 Å². The molecule has 1 aliphatic rings. The number of nitrogens with one attached hydrogen (secondary N) is 1. The van der Waals surface area contributed by atoms with Crippen LogP contribution in [0.25, 0.3) is 0 Å². The molecule has 1 atom stereocenters. The van der Waals surface area contributed by atoms with E-state index < -0.39 is 0 Å². The van der Waals surface area contributed by atoms with Crippen LogP contribution < -0.4 is 5.32 Å². The second kappa shape index (κ2) is 7.04. The lowest BCUT2D eigenvalue weighted by atomic mass is 9.99. The Bertz CT molecular complexity index is 371. The number of hydrogen-bond donors (Lipinski definition) is 1. The maximum atomic E-state index is 5.71. The predicted octanol–water partition coefficient (Wildman–Crippen LogP) is 2.70. The summed E-state index contributed by atoms with van der Waals surface area (Å²) in [6.45, 7) is 9.81. The van der Waals surface area contributed by atoms with Crippen LogP contribution in [-0.2, 0) is 16.1 Å². The highest BCUT2D eigenvalue weighted by atomic mass is 16.6. The van der Waals surface area contributed by atoms with Gasteiger partial charge in [0.2, 0.25) is 0 Å². The van der Waals surface area contributed by atoms with Gasteiger partial charge >= 0.3 is 0 Å². The molecule has 1 aromatic carbocycles. The molecule has 2 rings (SSSR count). The molecule has 19 heavy (non-hydrogen) atoms. The smallest absolute Gasteiger partial charge is 0.105 e. The summed E-state index contributed by atoms with van der Waals surface area (Å²) < 4.78 is 10.8. The Morgan fingerprint density at radius 2 is 1.89 bits per heavy atom. The molecule has 0 saturated carbocycles. The van der Waals surface area contributed by atoms with Crippen molar-refractivity contribution in [1.29, 1.82) is 0 Å². The molecule has 0 aliphatic carbocycles. The van der Waals surface area contributed by atoms with E-state index in [0.717, 1.165) is 19.8 Å². The number of ether oxygens (including phenoxy) is 2. The normalized spacial score (nSPS) is 17.5. The monoisotopic (exact) mass is 263 g/mol. The van der Waals surface area contributed by atoms with Crippen LogP contribution in [0.15, 0.2) is 24.3 Å². The highest BCUT2D eigenvalue weighted by molar-refractivity contribution is 5.25. The van der Waals surface area contributed by atoms with Crippen molar-refractivity contribution in [3.05, 3.63) is 35.4 Å². The summed E-state index contributed by atoms with van der Waals surface area (Å²) in [5.41, 5.74) is 2.61. The van der Waals surface area contributed by atoms with Crippen LogP contribution in [0, 0.1) is 0 Å². The van der Waals surface area contributed by atoms with Crippen LogP contribution in [0.3, 0.4) is 0 Å². The molecule has 1 N–H and O–H groups in total. The van der Waals surface area contributed by atoms with Crippen LogP contribution in [0.4, 0.5) is 0 Å². The number of benzene rings is 1. The molecule has 1 saturated heterocycles. The van der Waals surface area contributed by atoms with E-state index in [2.05, 4.69) is 50.4 Å². The van der Waals surface area contributed by atoms with Crippen LogP contribution in [-0.4, -0.2) is 31.9 Å². The van der Waals surface area contributed by atoms with Gasteiger partial charge in [-0.05, 0) is 17.0 Å². The first kappa shape index (κ1) is 14.5. The van der Waals surface area contributed by atoms with Crippen molar-refractivity contribution in [3.63, 3.8) is 0 Å². The Kier molecular flexibility index (Phi) is 5.37. The summed E-state index contributed by atoms with van der Waals surface area (Å²) in [7, 11) is 0. The zero-order chi connectivity index (χ0) is 13.7. The van der Waals surface area contributed by atoms with Crippen molar-refractivity contribution in [3.8, 4) is 0 Å². The first-order chi connectivity index (χ1) is 9.15. The number of rotatable bonds is 7. The lowest BCUT2D eigenvalue weighted by Crippen LogP contribution is -2.35. The quantitative estimate of drug-likeness (QED) is 0.820. The van der Waals surface area contributed by atoms with Gasteiger partial charge in [-0.15, -0.1) is 0 Å². The summed E-state index contributed by atoms with van der Waals surface area (Å²) in [6, 6.07) is 9.30. The third kappa shape index (κ3) is 4.60. The summed E-state index contributed by atoms with van der Waals surface area (Å²) in [4.78, 5) is 0. The SMILES string of the molecule is CC(C)NCC(C)c1ccc(COC2COC2)cc1. The van der Waals surface area contributed by atoms with Gasteiger partial charge in [-0.2, -0.15) is 0 Å². The Morgan fingerprint density at radius 3 is 2.42 bits per heavy atom. The molecule has 1 heterocycles. The highest BCUT2D eigenvalue weighted by Crippen LogP contribution is 2.16. The lowest BCUT2D eigenvalue weighted by molar-refractivity contribution is -0.135. The van der Waals surface area contributed by atoms with E-state index in [1.54, 1.807) is 0 Å². The minimum absolute atomic E-state index is 0.300. The summed E-state index contributed by atoms with van der Waals surface area (Å²) in [6.07, 6.45) is 0.300. The van der Waals surface area contributed by atoms with Gasteiger partial charge < -0.3 is 14.8 Å². The third-order valence-corrected chi connectivity index (χ3v) is 3.47. The van der Waals surface area contributed by atoms with E-state index in [1.165, 1.54) is 11.1 Å². The van der Waals surface area contributed by atoms with Crippen LogP contribution >= 0.6 is 0 Å². The standard InChI is InChI=1S/C16H25NO2/c1-12(2)17-8-13(3)15-6-4-14(5-7-15)9-19-16-10-18-11-16/h4-7,12-13,16-17H,8-11H2,1-3H3. The molecule has 1 fully saturated rings.